The van der Waals surface area contributed by atoms with E-state index in [0.717, 1.165) is 5.56 Å². The first kappa shape index (κ1) is 19.0. The molecule has 3 N–H and O–H groups in total. The Kier molecular flexibility index (Phi) is 5.85. The second kappa shape index (κ2) is 7.70. The summed E-state index contributed by atoms with van der Waals surface area (Å²) in [5, 5.41) is 10.2. The number of aliphatic hydroxyl groups is 1. The molecule has 1 aromatic carbocycles. The van der Waals surface area contributed by atoms with Crippen molar-refractivity contribution in [1.82, 2.24) is 9.55 Å². The first-order chi connectivity index (χ1) is 11.9. The van der Waals surface area contributed by atoms with Crippen LogP contribution < -0.4 is 10.5 Å². The molecule has 0 unspecified atom stereocenters. The minimum atomic E-state index is -1.12. The number of aldehydes is 1. The Morgan fingerprint density at radius 2 is 2.16 bits per heavy atom. The van der Waals surface area contributed by atoms with Crippen molar-refractivity contribution in [2.24, 2.45) is 5.73 Å². The van der Waals surface area contributed by atoms with Gasteiger partial charge in [-0.25, -0.2) is 4.98 Å². The molecule has 25 heavy (non-hydrogen) atoms. The summed E-state index contributed by atoms with van der Waals surface area (Å²) >= 11 is 6.26. The highest BCUT2D eigenvalue weighted by Crippen LogP contribution is 2.36. The van der Waals surface area contributed by atoms with E-state index in [1.807, 2.05) is 4.57 Å². The van der Waals surface area contributed by atoms with Crippen LogP contribution in [-0.4, -0.2) is 40.2 Å². The van der Waals surface area contributed by atoms with Crippen molar-refractivity contribution < 1.29 is 14.6 Å². The summed E-state index contributed by atoms with van der Waals surface area (Å²) < 4.78 is 7.58. The van der Waals surface area contributed by atoms with Crippen LogP contribution in [0.3, 0.4) is 0 Å². The number of carbonyl (C=O) groups excluding carboxylic acids is 1. The van der Waals surface area contributed by atoms with E-state index in [9.17, 15) is 9.90 Å². The molecule has 132 valence electrons. The Hall–Kier alpha value is -2.33. The summed E-state index contributed by atoms with van der Waals surface area (Å²) in [5.74, 6) is 6.86. The van der Waals surface area contributed by atoms with Crippen LogP contribution in [0.4, 0.5) is 0 Å². The van der Waals surface area contributed by atoms with E-state index < -0.39 is 5.60 Å². The van der Waals surface area contributed by atoms with Crippen LogP contribution in [0.25, 0.3) is 11.4 Å². The molecule has 6 nitrogen and oxygen atoms in total. The fourth-order valence-electron chi connectivity index (χ4n) is 2.30. The Bertz CT molecular complexity index is 842. The van der Waals surface area contributed by atoms with Gasteiger partial charge in [-0.3, -0.25) is 4.79 Å². The Morgan fingerprint density at radius 3 is 2.80 bits per heavy atom. The normalized spacial score (nSPS) is 12.2. The van der Waals surface area contributed by atoms with Crippen LogP contribution in [0.2, 0.25) is 5.02 Å². The summed E-state index contributed by atoms with van der Waals surface area (Å²) in [6, 6.07) is 3.46. The van der Waals surface area contributed by atoms with E-state index in [-0.39, 0.29) is 0 Å². The lowest BCUT2D eigenvalue weighted by Crippen LogP contribution is -2.14. The molecular weight excluding hydrogens is 342 g/mol. The summed E-state index contributed by atoms with van der Waals surface area (Å²) in [6.45, 7) is 4.25. The van der Waals surface area contributed by atoms with Crippen LogP contribution in [0.5, 0.6) is 5.75 Å². The lowest BCUT2D eigenvalue weighted by atomic mass is 10.1. The molecule has 0 saturated heterocycles. The molecule has 0 bridgehead atoms. The van der Waals surface area contributed by atoms with Crippen LogP contribution in [0.15, 0.2) is 18.3 Å². The molecule has 0 fully saturated rings. The number of fused-ring (bicyclic) bond motifs is 3. The van der Waals surface area contributed by atoms with E-state index in [1.54, 1.807) is 32.2 Å². The Balaban J connectivity index is 0.00000109. The number of imidazole rings is 1. The predicted octanol–water partition coefficient (Wildman–Crippen LogP) is 2.11. The quantitative estimate of drug-likeness (QED) is 0.599. The van der Waals surface area contributed by atoms with Crippen LogP contribution in [0, 0.1) is 11.8 Å². The number of ether oxygens (including phenoxy) is 1. The number of carbonyl (C=O) groups is 1. The molecule has 2 heterocycles. The fourth-order valence-corrected chi connectivity index (χ4v) is 2.50. The van der Waals surface area contributed by atoms with E-state index in [1.165, 1.54) is 7.05 Å². The zero-order valence-corrected chi connectivity index (χ0v) is 15.1. The lowest BCUT2D eigenvalue weighted by molar-refractivity contribution is 0.111. The van der Waals surface area contributed by atoms with Crippen molar-refractivity contribution in [2.75, 3.05) is 13.7 Å². The summed E-state index contributed by atoms with van der Waals surface area (Å²) in [7, 11) is 1.50. The van der Waals surface area contributed by atoms with Gasteiger partial charge in [0.1, 0.15) is 29.5 Å². The Labute approximate surface area is 151 Å². The SMILES string of the molecule is CC(C)(O)C#Cc1cc2c(cc1Cl)OCCn1cc(C=O)nc1-2.CN. The van der Waals surface area contributed by atoms with Gasteiger partial charge in [-0.2, -0.15) is 0 Å². The highest BCUT2D eigenvalue weighted by molar-refractivity contribution is 6.32. The molecule has 1 aliphatic rings. The topological polar surface area (TPSA) is 90.4 Å². The van der Waals surface area contributed by atoms with Crippen molar-refractivity contribution in [1.29, 1.82) is 0 Å². The van der Waals surface area contributed by atoms with E-state index in [4.69, 9.17) is 16.3 Å². The monoisotopic (exact) mass is 361 g/mol. The second-order valence-corrected chi connectivity index (χ2v) is 6.19. The minimum Gasteiger partial charge on any atom is -0.491 e. The van der Waals surface area contributed by atoms with Gasteiger partial charge in [0.05, 0.1) is 17.1 Å². The number of aromatic nitrogens is 2. The van der Waals surface area contributed by atoms with Gasteiger partial charge in [-0.15, -0.1) is 0 Å². The average molecular weight is 362 g/mol. The van der Waals surface area contributed by atoms with Crippen molar-refractivity contribution in [3.8, 4) is 29.0 Å². The third-order valence-electron chi connectivity index (χ3n) is 3.32. The molecule has 0 aliphatic carbocycles. The van der Waals surface area contributed by atoms with Crippen LogP contribution in [0.1, 0.15) is 29.9 Å². The molecule has 2 aromatic rings. The summed E-state index contributed by atoms with van der Waals surface area (Å²) in [6.07, 6.45) is 2.41. The second-order valence-electron chi connectivity index (χ2n) is 5.79. The lowest BCUT2D eigenvalue weighted by Gasteiger charge is -2.09. The fraction of sp³-hybridized carbons (Fsp3) is 0.333. The third-order valence-corrected chi connectivity index (χ3v) is 3.63. The smallest absolute Gasteiger partial charge is 0.170 e. The van der Waals surface area contributed by atoms with Gasteiger partial charge in [0.25, 0.3) is 0 Å². The molecule has 1 aliphatic heterocycles. The molecule has 1 aromatic heterocycles. The van der Waals surface area contributed by atoms with Gasteiger partial charge >= 0.3 is 0 Å². The Morgan fingerprint density at radius 1 is 1.44 bits per heavy atom. The molecule has 0 spiro atoms. The maximum absolute atomic E-state index is 11.0. The van der Waals surface area contributed by atoms with Gasteiger partial charge in [0.2, 0.25) is 0 Å². The number of benzene rings is 1. The number of nitrogens with two attached hydrogens (primary N) is 1. The van der Waals surface area contributed by atoms with E-state index in [0.29, 0.717) is 47.3 Å². The first-order valence-corrected chi connectivity index (χ1v) is 8.07. The molecule has 7 heteroatoms. The van der Waals surface area contributed by atoms with Crippen LogP contribution in [-0.2, 0) is 6.54 Å². The number of hydrogen-bond acceptors (Lipinski definition) is 5. The molecule has 0 amide bonds. The highest BCUT2D eigenvalue weighted by Gasteiger charge is 2.20. The molecule has 0 saturated carbocycles. The van der Waals surface area contributed by atoms with Gasteiger partial charge in [0.15, 0.2) is 6.29 Å². The number of nitrogens with zero attached hydrogens (tertiary/aromatic N) is 2. The first-order valence-electron chi connectivity index (χ1n) is 7.70. The maximum Gasteiger partial charge on any atom is 0.170 e. The number of rotatable bonds is 1. The van der Waals surface area contributed by atoms with E-state index in [2.05, 4.69) is 22.6 Å². The zero-order valence-electron chi connectivity index (χ0n) is 14.3. The van der Waals surface area contributed by atoms with Gasteiger partial charge < -0.3 is 20.1 Å². The minimum absolute atomic E-state index is 0.368. The predicted molar refractivity (Wildman–Crippen MR) is 96.8 cm³/mol. The van der Waals surface area contributed by atoms with Crippen LogP contribution >= 0.6 is 11.6 Å². The maximum atomic E-state index is 11.0. The molecule has 0 atom stereocenters. The molecule has 0 radical (unpaired) electrons. The number of halogens is 1. The average Bonchev–Trinajstić information content (AvgIpc) is 2.91. The summed E-state index contributed by atoms with van der Waals surface area (Å²) in [4.78, 5) is 15.3. The van der Waals surface area contributed by atoms with Gasteiger partial charge in [0, 0.05) is 17.8 Å². The van der Waals surface area contributed by atoms with E-state index >= 15 is 0 Å². The number of hydrogen-bond donors (Lipinski definition) is 2. The van der Waals surface area contributed by atoms with Gasteiger partial charge in [-0.05, 0) is 27.0 Å². The van der Waals surface area contributed by atoms with Crippen molar-refractivity contribution in [2.45, 2.75) is 26.0 Å². The van der Waals surface area contributed by atoms with Gasteiger partial charge in [-0.1, -0.05) is 23.4 Å². The molecular formula is C18H20ClN3O3. The standard InChI is InChI=1S/C17H15ClN2O3.CH5N/c1-17(2,22)4-3-11-7-13-15(8-14(11)18)23-6-5-20-9-12(10-21)19-16(13)20;1-2/h7-10,22H,5-6H2,1-2H3;2H2,1H3. The van der Waals surface area contributed by atoms with Crippen molar-refractivity contribution in [3.05, 3.63) is 34.6 Å². The largest absolute Gasteiger partial charge is 0.491 e. The third kappa shape index (κ3) is 4.40. The zero-order chi connectivity index (χ0) is 18.6. The molecule has 3 rings (SSSR count). The van der Waals surface area contributed by atoms with Crippen molar-refractivity contribution in [3.63, 3.8) is 0 Å². The van der Waals surface area contributed by atoms with Crippen molar-refractivity contribution >= 4 is 17.9 Å². The highest BCUT2D eigenvalue weighted by atomic mass is 35.5. The summed E-state index contributed by atoms with van der Waals surface area (Å²) in [5.41, 5.74) is 5.04.